The number of hydrogen-bond acceptors (Lipinski definition) is 3. The molecule has 0 aliphatic carbocycles. The maximum atomic E-state index is 5.98. The summed E-state index contributed by atoms with van der Waals surface area (Å²) in [4.78, 5) is 2.36. The second-order valence-electron chi connectivity index (χ2n) is 5.09. The molecule has 1 aromatic carbocycles. The van der Waals surface area contributed by atoms with E-state index in [1.807, 2.05) is 18.2 Å². The average Bonchev–Trinajstić information content (AvgIpc) is 2.77. The Balaban J connectivity index is 2.29. The lowest BCUT2D eigenvalue weighted by atomic mass is 10.1. The first-order chi connectivity index (χ1) is 9.21. The van der Waals surface area contributed by atoms with Gasteiger partial charge >= 0.3 is 0 Å². The Morgan fingerprint density at radius 1 is 1.21 bits per heavy atom. The third-order valence-electron chi connectivity index (χ3n) is 3.94. The molecule has 2 aromatic rings. The van der Waals surface area contributed by atoms with Crippen LogP contribution in [-0.4, -0.2) is 18.0 Å². The lowest BCUT2D eigenvalue weighted by Gasteiger charge is -2.25. The molecule has 0 spiro atoms. The molecule has 0 atom stereocenters. The van der Waals surface area contributed by atoms with Crippen molar-refractivity contribution in [1.82, 2.24) is 4.90 Å². The van der Waals surface area contributed by atoms with Crippen LogP contribution in [-0.2, 0) is 13.1 Å². The summed E-state index contributed by atoms with van der Waals surface area (Å²) in [5, 5.41) is 1.15. The van der Waals surface area contributed by atoms with Gasteiger partial charge in [-0.2, -0.15) is 0 Å². The maximum Gasteiger partial charge on any atom is 0.134 e. The van der Waals surface area contributed by atoms with E-state index >= 15 is 0 Å². The average molecular weight is 260 g/mol. The molecule has 1 aromatic heterocycles. The maximum absolute atomic E-state index is 5.98. The molecule has 19 heavy (non-hydrogen) atoms. The van der Waals surface area contributed by atoms with Crippen molar-refractivity contribution >= 4 is 11.0 Å². The first-order valence-electron chi connectivity index (χ1n) is 7.10. The van der Waals surface area contributed by atoms with Gasteiger partial charge in [-0.05, 0) is 26.0 Å². The van der Waals surface area contributed by atoms with Crippen molar-refractivity contribution in [2.45, 2.75) is 45.8 Å². The summed E-state index contributed by atoms with van der Waals surface area (Å²) >= 11 is 0. The third kappa shape index (κ3) is 2.82. The highest BCUT2D eigenvalue weighted by Crippen LogP contribution is 2.27. The van der Waals surface area contributed by atoms with Gasteiger partial charge in [-0.25, -0.2) is 0 Å². The van der Waals surface area contributed by atoms with Crippen LogP contribution in [0, 0.1) is 0 Å². The van der Waals surface area contributed by atoms with Gasteiger partial charge in [0.2, 0.25) is 0 Å². The lowest BCUT2D eigenvalue weighted by Crippen LogP contribution is -2.30. The van der Waals surface area contributed by atoms with Crippen LogP contribution in [0.3, 0.4) is 0 Å². The predicted molar refractivity (Wildman–Crippen MR) is 79.9 cm³/mol. The molecule has 0 fully saturated rings. The van der Waals surface area contributed by atoms with Crippen LogP contribution >= 0.6 is 0 Å². The van der Waals surface area contributed by atoms with Crippen molar-refractivity contribution in [2.24, 2.45) is 5.73 Å². The van der Waals surface area contributed by atoms with E-state index in [4.69, 9.17) is 10.2 Å². The summed E-state index contributed by atoms with van der Waals surface area (Å²) in [5.41, 5.74) is 7.99. The van der Waals surface area contributed by atoms with Gasteiger partial charge < -0.3 is 10.2 Å². The first-order valence-corrected chi connectivity index (χ1v) is 7.10. The molecule has 0 saturated heterocycles. The minimum atomic E-state index is 0.531. The van der Waals surface area contributed by atoms with Crippen LogP contribution < -0.4 is 5.73 Å². The van der Waals surface area contributed by atoms with Crippen molar-refractivity contribution in [3.8, 4) is 0 Å². The second-order valence-corrected chi connectivity index (χ2v) is 5.09. The van der Waals surface area contributed by atoms with Crippen LogP contribution in [0.2, 0.25) is 0 Å². The number of nitrogens with two attached hydrogens (primary N) is 1. The molecule has 1 heterocycles. The smallest absolute Gasteiger partial charge is 0.134 e. The SMILES string of the molecule is CCC(CC)N(C)Cc1oc2ccccc2c1CN. The van der Waals surface area contributed by atoms with Gasteiger partial charge in [-0.1, -0.05) is 32.0 Å². The molecule has 0 saturated carbocycles. The van der Waals surface area contributed by atoms with E-state index < -0.39 is 0 Å². The van der Waals surface area contributed by atoms with Gasteiger partial charge in [0, 0.05) is 23.5 Å². The number of benzene rings is 1. The number of fused-ring (bicyclic) bond motifs is 1. The van der Waals surface area contributed by atoms with Crippen LogP contribution in [0.25, 0.3) is 11.0 Å². The highest BCUT2D eigenvalue weighted by atomic mass is 16.3. The minimum Gasteiger partial charge on any atom is -0.459 e. The Morgan fingerprint density at radius 2 is 1.89 bits per heavy atom. The van der Waals surface area contributed by atoms with Gasteiger partial charge in [0.1, 0.15) is 11.3 Å². The molecule has 0 unspecified atom stereocenters. The summed E-state index contributed by atoms with van der Waals surface area (Å²) in [7, 11) is 2.16. The molecule has 0 aliphatic rings. The standard InChI is InChI=1S/C16H24N2O/c1-4-12(5-2)18(3)11-16-14(10-17)13-8-6-7-9-15(13)19-16/h6-9,12H,4-5,10-11,17H2,1-3H3. The van der Waals surface area contributed by atoms with Crippen molar-refractivity contribution in [1.29, 1.82) is 0 Å². The fourth-order valence-corrected chi connectivity index (χ4v) is 2.77. The van der Waals surface area contributed by atoms with E-state index in [0.717, 1.165) is 41.7 Å². The van der Waals surface area contributed by atoms with Crippen molar-refractivity contribution in [2.75, 3.05) is 7.05 Å². The Morgan fingerprint density at radius 3 is 2.53 bits per heavy atom. The van der Waals surface area contributed by atoms with Gasteiger partial charge in [0.25, 0.3) is 0 Å². The number of para-hydroxylation sites is 1. The molecule has 2 N–H and O–H groups in total. The van der Waals surface area contributed by atoms with Gasteiger partial charge in [-0.15, -0.1) is 0 Å². The molecule has 3 heteroatoms. The van der Waals surface area contributed by atoms with E-state index in [1.54, 1.807) is 0 Å². The summed E-state index contributed by atoms with van der Waals surface area (Å²) in [6.45, 7) is 5.82. The molecule has 0 radical (unpaired) electrons. The van der Waals surface area contributed by atoms with E-state index in [1.165, 1.54) is 0 Å². The van der Waals surface area contributed by atoms with Gasteiger partial charge in [-0.3, -0.25) is 4.90 Å². The Hall–Kier alpha value is -1.32. The molecule has 0 aliphatic heterocycles. The monoisotopic (exact) mass is 260 g/mol. The minimum absolute atomic E-state index is 0.531. The van der Waals surface area contributed by atoms with Gasteiger partial charge in [0.05, 0.1) is 6.54 Å². The van der Waals surface area contributed by atoms with Crippen LogP contribution in [0.4, 0.5) is 0 Å². The summed E-state index contributed by atoms with van der Waals surface area (Å²) in [5.74, 6) is 1.01. The largest absolute Gasteiger partial charge is 0.459 e. The van der Waals surface area contributed by atoms with E-state index in [-0.39, 0.29) is 0 Å². The normalized spacial score (nSPS) is 11.9. The molecule has 2 rings (SSSR count). The molecular formula is C16H24N2O. The number of nitrogens with zero attached hydrogens (tertiary/aromatic N) is 1. The quantitative estimate of drug-likeness (QED) is 0.864. The zero-order valence-corrected chi connectivity index (χ0v) is 12.1. The van der Waals surface area contributed by atoms with Crippen LogP contribution in [0.1, 0.15) is 38.0 Å². The van der Waals surface area contributed by atoms with E-state index in [9.17, 15) is 0 Å². The first kappa shape index (κ1) is 14.1. The molecular weight excluding hydrogens is 236 g/mol. The fraction of sp³-hybridized carbons (Fsp3) is 0.500. The number of hydrogen-bond donors (Lipinski definition) is 1. The third-order valence-corrected chi connectivity index (χ3v) is 3.94. The highest BCUT2D eigenvalue weighted by Gasteiger charge is 2.17. The van der Waals surface area contributed by atoms with Gasteiger partial charge in [0.15, 0.2) is 0 Å². The molecule has 0 bridgehead atoms. The molecule has 104 valence electrons. The summed E-state index contributed by atoms with van der Waals surface area (Å²) in [6, 6.07) is 8.72. The highest BCUT2D eigenvalue weighted by molar-refractivity contribution is 5.82. The zero-order chi connectivity index (χ0) is 13.8. The predicted octanol–water partition coefficient (Wildman–Crippen LogP) is 3.51. The molecule has 3 nitrogen and oxygen atoms in total. The second kappa shape index (κ2) is 6.22. The zero-order valence-electron chi connectivity index (χ0n) is 12.1. The van der Waals surface area contributed by atoms with E-state index in [2.05, 4.69) is 31.9 Å². The lowest BCUT2D eigenvalue weighted by molar-refractivity contribution is 0.206. The van der Waals surface area contributed by atoms with Crippen LogP contribution in [0.5, 0.6) is 0 Å². The van der Waals surface area contributed by atoms with Crippen molar-refractivity contribution < 1.29 is 4.42 Å². The topological polar surface area (TPSA) is 42.4 Å². The van der Waals surface area contributed by atoms with E-state index in [0.29, 0.717) is 12.6 Å². The number of rotatable bonds is 6. The fourth-order valence-electron chi connectivity index (χ4n) is 2.77. The summed E-state index contributed by atoms with van der Waals surface area (Å²) in [6.07, 6.45) is 2.32. The summed E-state index contributed by atoms with van der Waals surface area (Å²) < 4.78 is 5.98. The van der Waals surface area contributed by atoms with Crippen molar-refractivity contribution in [3.63, 3.8) is 0 Å². The van der Waals surface area contributed by atoms with Crippen molar-refractivity contribution in [3.05, 3.63) is 35.6 Å². The Labute approximate surface area is 115 Å². The number of furan rings is 1. The van der Waals surface area contributed by atoms with Crippen LogP contribution in [0.15, 0.2) is 28.7 Å². The molecule has 0 amide bonds. The Kier molecular flexibility index (Phi) is 4.61. The Bertz CT molecular complexity index is 529.